The molecule has 15 heteroatoms. The van der Waals surface area contributed by atoms with Gasteiger partial charge in [0.1, 0.15) is 23.9 Å². The monoisotopic (exact) mass is 870 g/mol. The van der Waals surface area contributed by atoms with Gasteiger partial charge < -0.3 is 44.0 Å². The van der Waals surface area contributed by atoms with Crippen molar-refractivity contribution in [1.82, 2.24) is 5.32 Å². The lowest BCUT2D eigenvalue weighted by molar-refractivity contribution is -0.346. The molecule has 7 rings (SSSR count). The smallest absolute Gasteiger partial charge is 0.338 e. The number of ether oxygens (including phenoxy) is 6. The van der Waals surface area contributed by atoms with Crippen LogP contribution in [0.4, 0.5) is 0 Å². The molecule has 2 saturated carbocycles. The number of methoxy groups -OCH3 is 1. The zero-order chi connectivity index (χ0) is 48.1. The van der Waals surface area contributed by atoms with Crippen LogP contribution in [0.1, 0.15) is 90.8 Å². The Balaban J connectivity index is 1.43. The molecule has 3 aliphatic carbocycles. The number of aliphatic hydroxyl groups is 2. The minimum absolute atomic E-state index is 0.0333. The zero-order valence-electron chi connectivity index (χ0n) is 38.7. The number of fused-ring (bicyclic) bond motifs is 5. The number of hydrogen-bond donors (Lipinski definition) is 3. The van der Waals surface area contributed by atoms with E-state index < -0.39 is 120 Å². The molecule has 63 heavy (non-hydrogen) atoms. The number of carbonyl (C=O) groups excluding carboxylic acids is 6. The summed E-state index contributed by atoms with van der Waals surface area (Å²) in [5.41, 5.74) is -7.65. The highest BCUT2D eigenvalue weighted by atomic mass is 16.6. The second-order valence-corrected chi connectivity index (χ2v) is 17.4. The fourth-order valence-electron chi connectivity index (χ4n) is 10.3. The van der Waals surface area contributed by atoms with Crippen LogP contribution in [0.25, 0.3) is 0 Å². The summed E-state index contributed by atoms with van der Waals surface area (Å²) in [6.07, 6.45) is -11.0. The van der Waals surface area contributed by atoms with E-state index in [1.807, 2.05) is 0 Å². The number of nitrogens with one attached hydrogen (secondary N) is 1. The van der Waals surface area contributed by atoms with Gasteiger partial charge in [-0.05, 0) is 54.8 Å². The highest BCUT2D eigenvalue weighted by Gasteiger charge is 2.78. The number of ketones is 1. The largest absolute Gasteiger partial charge is 0.456 e. The Morgan fingerprint density at radius 1 is 0.857 bits per heavy atom. The summed E-state index contributed by atoms with van der Waals surface area (Å²) in [6, 6.07) is 22.2. The van der Waals surface area contributed by atoms with Crippen molar-refractivity contribution < 1.29 is 71.5 Å². The van der Waals surface area contributed by atoms with Gasteiger partial charge in [0.05, 0.1) is 39.8 Å². The Morgan fingerprint density at radius 3 is 2.02 bits per heavy atom. The SMILES string of the molecule is [2H]C([2H])([2H])O[C@@H](C(=O)O[C@H]1C[C@@]2(O)[C@@H](OC(=O)c3ccccc3)[C@@H]3[C@]4(OC(C)=O)CO[C@@H]4C[C@H](O)[C@@]3(C)C(=O)[C@H](OC(C)=O)C(=C1C)C2(C)C)[C@@H](NC(=O)c1ccccc1)c1ccccc1. The average Bonchev–Trinajstić information content (AvgIpc) is 3.26. The molecule has 3 fully saturated rings. The molecule has 0 unspecified atom stereocenters. The van der Waals surface area contributed by atoms with Gasteiger partial charge in [-0.3, -0.25) is 19.2 Å². The zero-order valence-corrected chi connectivity index (χ0v) is 35.7. The number of aliphatic hydroxyl groups excluding tert-OH is 1. The fourth-order valence-corrected chi connectivity index (χ4v) is 10.3. The van der Waals surface area contributed by atoms with Crippen LogP contribution in [0.15, 0.2) is 102 Å². The molecular formula is C48H53NO14. The van der Waals surface area contributed by atoms with E-state index in [1.54, 1.807) is 66.7 Å². The number of benzene rings is 3. The Kier molecular flexibility index (Phi) is 11.2. The first-order chi connectivity index (χ1) is 31.0. The van der Waals surface area contributed by atoms with E-state index >= 15 is 4.79 Å². The van der Waals surface area contributed by atoms with Crippen molar-refractivity contribution in [1.29, 1.82) is 0 Å². The Labute approximate surface area is 369 Å². The van der Waals surface area contributed by atoms with Crippen LogP contribution in [0.5, 0.6) is 0 Å². The van der Waals surface area contributed by atoms with Crippen molar-refractivity contribution in [2.75, 3.05) is 13.6 Å². The predicted octanol–water partition coefficient (Wildman–Crippen LogP) is 4.39. The molecule has 334 valence electrons. The highest BCUT2D eigenvalue weighted by molar-refractivity contribution is 5.96. The van der Waals surface area contributed by atoms with E-state index in [1.165, 1.54) is 52.0 Å². The van der Waals surface area contributed by atoms with Crippen molar-refractivity contribution in [2.45, 2.75) is 108 Å². The summed E-state index contributed by atoms with van der Waals surface area (Å²) in [5, 5.41) is 28.6. The molecule has 4 aliphatic rings. The topological polar surface area (TPSA) is 210 Å². The van der Waals surface area contributed by atoms with E-state index in [2.05, 4.69) is 5.32 Å². The number of hydrogen-bond acceptors (Lipinski definition) is 14. The molecule has 0 radical (unpaired) electrons. The number of Topliss-reactive ketones (excluding diaryl/α,β-unsaturated/α-hetero) is 1. The van der Waals surface area contributed by atoms with Crippen LogP contribution < -0.4 is 5.32 Å². The summed E-state index contributed by atoms with van der Waals surface area (Å²) in [4.78, 5) is 84.7. The third-order valence-corrected chi connectivity index (χ3v) is 13.6. The van der Waals surface area contributed by atoms with Gasteiger partial charge in [-0.15, -0.1) is 0 Å². The first-order valence-electron chi connectivity index (χ1n) is 22.2. The van der Waals surface area contributed by atoms with Crippen LogP contribution in [0.2, 0.25) is 0 Å². The maximum Gasteiger partial charge on any atom is 0.338 e. The van der Waals surface area contributed by atoms with Crippen molar-refractivity contribution in [2.24, 2.45) is 16.7 Å². The Morgan fingerprint density at radius 2 is 1.46 bits per heavy atom. The molecule has 11 atom stereocenters. The lowest BCUT2D eigenvalue weighted by atomic mass is 9.44. The molecular weight excluding hydrogens is 815 g/mol. The molecule has 0 aromatic heterocycles. The molecule has 1 heterocycles. The van der Waals surface area contributed by atoms with E-state index in [-0.39, 0.29) is 40.9 Å². The maximum atomic E-state index is 15.6. The third kappa shape index (κ3) is 7.64. The number of rotatable bonds is 11. The van der Waals surface area contributed by atoms with Crippen molar-refractivity contribution >= 4 is 35.6 Å². The summed E-state index contributed by atoms with van der Waals surface area (Å²) in [6.45, 7) is 7.74. The minimum atomic E-state index is -3.25. The Hall–Kier alpha value is -5.74. The normalized spacial score (nSPS) is 32.4. The maximum absolute atomic E-state index is 15.6. The highest BCUT2D eigenvalue weighted by Crippen LogP contribution is 2.64. The fraction of sp³-hybridized carbons (Fsp3) is 0.458. The van der Waals surface area contributed by atoms with Gasteiger partial charge in [0, 0.05) is 44.7 Å². The van der Waals surface area contributed by atoms with Crippen molar-refractivity contribution in [3.63, 3.8) is 0 Å². The summed E-state index contributed by atoms with van der Waals surface area (Å²) in [5.74, 6) is -7.25. The van der Waals surface area contributed by atoms with Crippen molar-refractivity contribution in [3.05, 3.63) is 119 Å². The van der Waals surface area contributed by atoms with Crippen LogP contribution in [-0.4, -0.2) is 107 Å². The van der Waals surface area contributed by atoms with Crippen LogP contribution in [-0.2, 0) is 47.6 Å². The number of amides is 1. The van der Waals surface area contributed by atoms with Crippen LogP contribution in [0, 0.1) is 16.7 Å². The van der Waals surface area contributed by atoms with E-state index in [0.717, 1.165) is 13.8 Å². The second-order valence-electron chi connectivity index (χ2n) is 17.4. The summed E-state index contributed by atoms with van der Waals surface area (Å²) >= 11 is 0. The van der Waals surface area contributed by atoms with Crippen molar-refractivity contribution in [3.8, 4) is 0 Å². The standard InChI is InChI=1S/C48H53NO14/c1-26-32(61-44(56)38(58-7)36(29-17-11-8-12-18-29)49-42(54)30-19-13-9-14-20-30)24-48(57)41(62-43(55)31-21-15-10-16-22-31)39-46(6,33(52)23-34-47(39,25-59-34)63-28(3)51)40(53)37(60-27(2)50)35(26)45(48,4)5/h8-22,32-34,36-39,41,52,57H,23-25H2,1-7H3,(H,49,54)/t32-,33-,34+,36-,37+,38+,39-,41-,46+,47-,48+/m0/s1/i7D3. The van der Waals surface area contributed by atoms with E-state index in [9.17, 15) is 34.2 Å². The van der Waals surface area contributed by atoms with E-state index in [4.69, 9.17) is 32.5 Å². The molecule has 1 saturated heterocycles. The third-order valence-electron chi connectivity index (χ3n) is 13.6. The quantitative estimate of drug-likeness (QED) is 0.139. The van der Waals surface area contributed by atoms with Crippen LogP contribution in [0.3, 0.4) is 0 Å². The van der Waals surface area contributed by atoms with Gasteiger partial charge >= 0.3 is 23.9 Å². The molecule has 1 amide bonds. The lowest BCUT2D eigenvalue weighted by Gasteiger charge is -2.67. The molecule has 2 bridgehead atoms. The van der Waals surface area contributed by atoms with Gasteiger partial charge in [-0.1, -0.05) is 80.6 Å². The van der Waals surface area contributed by atoms with Crippen LogP contribution >= 0.6 is 0 Å². The number of esters is 4. The second kappa shape index (κ2) is 17.1. The van der Waals surface area contributed by atoms with Gasteiger partial charge in [0.15, 0.2) is 23.6 Å². The molecule has 3 aromatic carbocycles. The molecule has 1 aliphatic heterocycles. The van der Waals surface area contributed by atoms with E-state index in [0.29, 0.717) is 0 Å². The van der Waals surface area contributed by atoms with Gasteiger partial charge in [0.25, 0.3) is 5.91 Å². The van der Waals surface area contributed by atoms with Gasteiger partial charge in [0.2, 0.25) is 0 Å². The molecule has 0 spiro atoms. The summed E-state index contributed by atoms with van der Waals surface area (Å²) < 4.78 is 60.2. The molecule has 15 nitrogen and oxygen atoms in total. The minimum Gasteiger partial charge on any atom is -0.456 e. The first-order valence-corrected chi connectivity index (χ1v) is 20.7. The molecule has 3 N–H and O–H groups in total. The lowest BCUT2D eigenvalue weighted by Crippen LogP contribution is -2.82. The molecule has 3 aromatic rings. The number of carbonyl (C=O) groups is 6. The average molecular weight is 871 g/mol. The summed E-state index contributed by atoms with van der Waals surface area (Å²) in [7, 11) is -3.25. The predicted molar refractivity (Wildman–Crippen MR) is 222 cm³/mol. The van der Waals surface area contributed by atoms with Gasteiger partial charge in [-0.25, -0.2) is 9.59 Å². The van der Waals surface area contributed by atoms with Gasteiger partial charge in [-0.2, -0.15) is 0 Å². The first kappa shape index (κ1) is 41.3. The Bertz CT molecular complexity index is 2410.